The van der Waals surface area contributed by atoms with Crippen LogP contribution in [-0.4, -0.2) is 12.4 Å². The molecule has 0 saturated carbocycles. The van der Waals surface area contributed by atoms with E-state index in [1.807, 2.05) is 41.1 Å². The Labute approximate surface area is 112 Å². The highest BCUT2D eigenvalue weighted by Gasteiger charge is 2.10. The number of thiophene rings is 1. The molecule has 1 aromatic carbocycles. The van der Waals surface area contributed by atoms with Crippen LogP contribution in [0.3, 0.4) is 0 Å². The van der Waals surface area contributed by atoms with Crippen LogP contribution in [0.15, 0.2) is 45.6 Å². The summed E-state index contributed by atoms with van der Waals surface area (Å²) >= 11 is 4.87. The molecule has 0 radical (unpaired) electrons. The molecule has 88 valence electrons. The molecule has 0 atom stereocenters. The van der Waals surface area contributed by atoms with Crippen LogP contribution in [0.25, 0.3) is 0 Å². The predicted octanol–water partition coefficient (Wildman–Crippen LogP) is 4.16. The summed E-state index contributed by atoms with van der Waals surface area (Å²) < 4.78 is 6.35. The molecule has 0 aliphatic rings. The number of carbonyl (C=O) groups excluding carboxylic acids is 1. The van der Waals surface area contributed by atoms with Crippen LogP contribution in [-0.2, 0) is 0 Å². The van der Waals surface area contributed by atoms with E-state index in [0.29, 0.717) is 13.0 Å². The van der Waals surface area contributed by atoms with Gasteiger partial charge in [0.05, 0.1) is 6.61 Å². The lowest BCUT2D eigenvalue weighted by Crippen LogP contribution is -2.06. The summed E-state index contributed by atoms with van der Waals surface area (Å²) in [6, 6.07) is 9.51. The first kappa shape index (κ1) is 12.3. The zero-order chi connectivity index (χ0) is 12.1. The molecule has 17 heavy (non-hydrogen) atoms. The van der Waals surface area contributed by atoms with Crippen LogP contribution >= 0.6 is 27.3 Å². The van der Waals surface area contributed by atoms with Gasteiger partial charge >= 0.3 is 0 Å². The number of para-hydroxylation sites is 1. The second kappa shape index (κ2) is 5.98. The molecule has 2 rings (SSSR count). The highest BCUT2D eigenvalue weighted by molar-refractivity contribution is 9.10. The lowest BCUT2D eigenvalue weighted by atomic mass is 10.2. The van der Waals surface area contributed by atoms with Crippen LogP contribution in [0.2, 0.25) is 0 Å². The molecule has 0 amide bonds. The van der Waals surface area contributed by atoms with Crippen LogP contribution in [0.4, 0.5) is 0 Å². The van der Waals surface area contributed by atoms with Gasteiger partial charge in [0.15, 0.2) is 5.78 Å². The van der Waals surface area contributed by atoms with Gasteiger partial charge in [0.1, 0.15) is 5.75 Å². The molecule has 1 aromatic heterocycles. The van der Waals surface area contributed by atoms with Crippen molar-refractivity contribution < 1.29 is 9.53 Å². The predicted molar refractivity (Wildman–Crippen MR) is 72.9 cm³/mol. The molecular weight excluding hydrogens is 300 g/mol. The summed E-state index contributed by atoms with van der Waals surface area (Å²) in [4.78, 5) is 11.8. The van der Waals surface area contributed by atoms with Crippen molar-refractivity contribution in [3.63, 3.8) is 0 Å². The number of hydrogen-bond acceptors (Lipinski definition) is 3. The van der Waals surface area contributed by atoms with E-state index in [1.165, 1.54) is 11.3 Å². The number of carbonyl (C=O) groups is 1. The van der Waals surface area contributed by atoms with Crippen molar-refractivity contribution in [3.05, 3.63) is 51.1 Å². The first-order valence-electron chi connectivity index (χ1n) is 5.20. The first-order valence-corrected chi connectivity index (χ1v) is 6.93. The number of ether oxygens (including phenoxy) is 1. The lowest BCUT2D eigenvalue weighted by Gasteiger charge is -2.04. The topological polar surface area (TPSA) is 26.3 Å². The van der Waals surface area contributed by atoms with Crippen LogP contribution in [0.5, 0.6) is 5.75 Å². The highest BCUT2D eigenvalue weighted by atomic mass is 79.9. The lowest BCUT2D eigenvalue weighted by molar-refractivity contribution is 0.0962. The van der Waals surface area contributed by atoms with Gasteiger partial charge in [-0.2, -0.15) is 11.3 Å². The second-order valence-electron chi connectivity index (χ2n) is 3.47. The zero-order valence-electron chi connectivity index (χ0n) is 9.06. The van der Waals surface area contributed by atoms with Gasteiger partial charge in [-0.15, -0.1) is 0 Å². The minimum atomic E-state index is 0.106. The molecule has 0 aliphatic heterocycles. The van der Waals surface area contributed by atoms with Crippen molar-refractivity contribution in [3.8, 4) is 5.75 Å². The van der Waals surface area contributed by atoms with E-state index in [4.69, 9.17) is 4.74 Å². The van der Waals surface area contributed by atoms with Crippen molar-refractivity contribution >= 4 is 33.0 Å². The number of hydrogen-bond donors (Lipinski definition) is 0. The molecule has 1 heterocycles. The SMILES string of the molecule is O=C(CCOc1ccccc1)c1cscc1Br. The maximum absolute atomic E-state index is 11.8. The fourth-order valence-electron chi connectivity index (χ4n) is 1.39. The Morgan fingerprint density at radius 2 is 2.00 bits per heavy atom. The summed E-state index contributed by atoms with van der Waals surface area (Å²) in [5.74, 6) is 0.902. The average molecular weight is 311 g/mol. The maximum atomic E-state index is 11.8. The van der Waals surface area contributed by atoms with E-state index >= 15 is 0 Å². The Kier molecular flexibility index (Phi) is 4.34. The third-order valence-corrected chi connectivity index (χ3v) is 3.96. The minimum Gasteiger partial charge on any atom is -0.493 e. The van der Waals surface area contributed by atoms with E-state index in [9.17, 15) is 4.79 Å². The summed E-state index contributed by atoms with van der Waals surface area (Å²) in [7, 11) is 0. The quantitative estimate of drug-likeness (QED) is 0.775. The minimum absolute atomic E-state index is 0.106. The fourth-order valence-corrected chi connectivity index (χ4v) is 2.91. The van der Waals surface area contributed by atoms with Gasteiger partial charge in [0.25, 0.3) is 0 Å². The Morgan fingerprint density at radius 1 is 1.24 bits per heavy atom. The average Bonchev–Trinajstić information content (AvgIpc) is 2.77. The Morgan fingerprint density at radius 3 is 2.65 bits per heavy atom. The molecule has 0 fully saturated rings. The molecule has 0 bridgehead atoms. The van der Waals surface area contributed by atoms with Gasteiger partial charge in [0.2, 0.25) is 0 Å². The van der Waals surface area contributed by atoms with Crippen molar-refractivity contribution in [1.82, 2.24) is 0 Å². The fraction of sp³-hybridized carbons (Fsp3) is 0.154. The van der Waals surface area contributed by atoms with Crippen LogP contribution in [0, 0.1) is 0 Å². The number of rotatable bonds is 5. The summed E-state index contributed by atoms with van der Waals surface area (Å²) in [5, 5.41) is 3.76. The molecule has 0 saturated heterocycles. The molecule has 2 nitrogen and oxygen atoms in total. The smallest absolute Gasteiger partial charge is 0.168 e. The monoisotopic (exact) mass is 310 g/mol. The largest absolute Gasteiger partial charge is 0.493 e. The van der Waals surface area contributed by atoms with Crippen LogP contribution < -0.4 is 4.74 Å². The number of ketones is 1. The maximum Gasteiger partial charge on any atom is 0.168 e. The molecule has 4 heteroatoms. The molecule has 0 unspecified atom stereocenters. The third kappa shape index (κ3) is 3.41. The second-order valence-corrected chi connectivity index (χ2v) is 5.07. The summed E-state index contributed by atoms with van der Waals surface area (Å²) in [6.07, 6.45) is 0.393. The van der Waals surface area contributed by atoms with Crippen molar-refractivity contribution in [1.29, 1.82) is 0 Å². The zero-order valence-corrected chi connectivity index (χ0v) is 11.5. The number of benzene rings is 1. The number of halogens is 1. The molecule has 2 aromatic rings. The van der Waals surface area contributed by atoms with E-state index in [-0.39, 0.29) is 5.78 Å². The first-order chi connectivity index (χ1) is 8.27. The Bertz CT molecular complexity index is 493. The van der Waals surface area contributed by atoms with E-state index < -0.39 is 0 Å². The highest BCUT2D eigenvalue weighted by Crippen LogP contribution is 2.22. The standard InChI is InChI=1S/C13H11BrO2S/c14-12-9-17-8-11(12)13(15)6-7-16-10-4-2-1-3-5-10/h1-5,8-9H,6-7H2. The molecular formula is C13H11BrO2S. The van der Waals surface area contributed by atoms with Gasteiger partial charge in [-0.05, 0) is 28.1 Å². The summed E-state index contributed by atoms with van der Waals surface area (Å²) in [5.41, 5.74) is 0.742. The molecule has 0 N–H and O–H groups in total. The van der Waals surface area contributed by atoms with Gasteiger partial charge in [-0.25, -0.2) is 0 Å². The third-order valence-electron chi connectivity index (χ3n) is 2.26. The Balaban J connectivity index is 1.84. The molecule has 0 spiro atoms. The normalized spacial score (nSPS) is 10.2. The van der Waals surface area contributed by atoms with Gasteiger partial charge in [0, 0.05) is 27.2 Å². The molecule has 0 aliphatic carbocycles. The summed E-state index contributed by atoms with van der Waals surface area (Å²) in [6.45, 7) is 0.408. The van der Waals surface area contributed by atoms with E-state index in [2.05, 4.69) is 15.9 Å². The van der Waals surface area contributed by atoms with Crippen molar-refractivity contribution in [2.75, 3.05) is 6.61 Å². The van der Waals surface area contributed by atoms with E-state index in [1.54, 1.807) is 0 Å². The van der Waals surface area contributed by atoms with Gasteiger partial charge in [-0.1, -0.05) is 18.2 Å². The van der Waals surface area contributed by atoms with Crippen molar-refractivity contribution in [2.45, 2.75) is 6.42 Å². The van der Waals surface area contributed by atoms with E-state index in [0.717, 1.165) is 15.8 Å². The van der Waals surface area contributed by atoms with Gasteiger partial charge in [-0.3, -0.25) is 4.79 Å². The number of Topliss-reactive ketones (excluding diaryl/α,β-unsaturated/α-hetero) is 1. The van der Waals surface area contributed by atoms with Crippen LogP contribution in [0.1, 0.15) is 16.8 Å². The Hall–Kier alpha value is -1.13. The van der Waals surface area contributed by atoms with Gasteiger partial charge < -0.3 is 4.74 Å². The van der Waals surface area contributed by atoms with Crippen molar-refractivity contribution in [2.24, 2.45) is 0 Å².